The fourth-order valence-electron chi connectivity index (χ4n) is 3.87. The minimum Gasteiger partial charge on any atom is -0.449 e. The van der Waals surface area contributed by atoms with E-state index < -0.39 is 6.10 Å². The van der Waals surface area contributed by atoms with Gasteiger partial charge in [-0.1, -0.05) is 52.3 Å². The van der Waals surface area contributed by atoms with Gasteiger partial charge in [0.2, 0.25) is 0 Å². The highest BCUT2D eigenvalue weighted by molar-refractivity contribution is 9.11. The highest BCUT2D eigenvalue weighted by atomic mass is 79.9. The van der Waals surface area contributed by atoms with Crippen molar-refractivity contribution in [2.45, 2.75) is 18.9 Å². The van der Waals surface area contributed by atoms with Crippen molar-refractivity contribution < 1.29 is 9.53 Å². The van der Waals surface area contributed by atoms with Crippen molar-refractivity contribution in [1.29, 1.82) is 0 Å². The Morgan fingerprint density at radius 3 is 2.65 bits per heavy atom. The van der Waals surface area contributed by atoms with Gasteiger partial charge >= 0.3 is 5.97 Å². The topological polar surface area (TPSA) is 26.3 Å². The second kappa shape index (κ2) is 6.07. The second-order valence-corrected chi connectivity index (χ2v) is 8.32. The molecule has 0 spiro atoms. The molecule has 4 heteroatoms. The molecule has 1 unspecified atom stereocenters. The lowest BCUT2D eigenvalue weighted by Gasteiger charge is -2.17. The number of cyclic esters (lactones) is 1. The molecule has 0 bridgehead atoms. The molecular weight excluding hydrogens is 456 g/mol. The average molecular weight is 470 g/mol. The molecule has 2 aliphatic rings. The zero-order valence-electron chi connectivity index (χ0n) is 13.8. The molecule has 2 nitrogen and oxygen atoms in total. The van der Waals surface area contributed by atoms with Crippen LogP contribution in [0.25, 0.3) is 16.8 Å². The average Bonchev–Trinajstić information content (AvgIpc) is 2.99. The molecule has 0 radical (unpaired) electrons. The summed E-state index contributed by atoms with van der Waals surface area (Å²) < 4.78 is 7.77. The van der Waals surface area contributed by atoms with Crippen LogP contribution in [0.15, 0.2) is 57.5 Å². The van der Waals surface area contributed by atoms with Crippen LogP contribution in [0.3, 0.4) is 0 Å². The van der Waals surface area contributed by atoms with Gasteiger partial charge in [-0.15, -0.1) is 0 Å². The maximum absolute atomic E-state index is 12.5. The van der Waals surface area contributed by atoms with Crippen molar-refractivity contribution in [3.8, 4) is 0 Å². The molecule has 3 aromatic carbocycles. The summed E-state index contributed by atoms with van der Waals surface area (Å²) in [4.78, 5) is 12.5. The third-order valence-electron chi connectivity index (χ3n) is 5.16. The monoisotopic (exact) mass is 468 g/mol. The van der Waals surface area contributed by atoms with E-state index in [9.17, 15) is 4.79 Å². The van der Waals surface area contributed by atoms with Gasteiger partial charge in [0.05, 0.1) is 5.56 Å². The van der Waals surface area contributed by atoms with E-state index in [-0.39, 0.29) is 5.97 Å². The number of rotatable bonds is 1. The normalized spacial score (nSPS) is 17.9. The summed E-state index contributed by atoms with van der Waals surface area (Å²) in [5, 5.41) is 2.22. The Labute approximate surface area is 168 Å². The minimum absolute atomic E-state index is 0.237. The Kier molecular flexibility index (Phi) is 3.80. The van der Waals surface area contributed by atoms with E-state index in [1.807, 2.05) is 18.2 Å². The van der Waals surface area contributed by atoms with Crippen LogP contribution < -0.4 is 0 Å². The number of fused-ring (bicyclic) bond motifs is 3. The largest absolute Gasteiger partial charge is 0.449 e. The molecule has 1 aliphatic heterocycles. The fraction of sp³-hybridized carbons (Fsp3) is 0.136. The number of benzene rings is 3. The van der Waals surface area contributed by atoms with Gasteiger partial charge in [0.25, 0.3) is 0 Å². The van der Waals surface area contributed by atoms with Gasteiger partial charge in [-0.25, -0.2) is 4.79 Å². The SMILES string of the molecule is O=C1OC(c2cc(Br)c3ccccc3c2Br)c2cc3c(cc21)CCC=C3. The van der Waals surface area contributed by atoms with Crippen molar-refractivity contribution in [2.75, 3.05) is 0 Å². The van der Waals surface area contributed by atoms with Crippen molar-refractivity contribution in [2.24, 2.45) is 0 Å². The molecule has 0 N–H and O–H groups in total. The van der Waals surface area contributed by atoms with Crippen LogP contribution in [-0.2, 0) is 11.2 Å². The molecule has 0 aromatic heterocycles. The Balaban J connectivity index is 1.73. The summed E-state index contributed by atoms with van der Waals surface area (Å²) in [5.41, 5.74) is 5.02. The Bertz CT molecular complexity index is 1110. The molecular formula is C22H14Br2O2. The van der Waals surface area contributed by atoms with Gasteiger partial charge in [-0.05, 0) is 68.9 Å². The molecule has 1 aliphatic carbocycles. The number of aryl methyl sites for hydroxylation is 1. The molecule has 0 amide bonds. The second-order valence-electron chi connectivity index (χ2n) is 6.67. The molecule has 0 saturated carbocycles. The smallest absolute Gasteiger partial charge is 0.339 e. The third-order valence-corrected chi connectivity index (χ3v) is 6.70. The number of esters is 1. The standard InChI is InChI=1S/C22H14Br2O2/c23-19-11-18(20(24)15-8-4-3-7-14(15)19)21-16-9-12-5-1-2-6-13(12)10-17(16)22(25)26-21/h1,3-5,7-11,21H,2,6H2. The molecule has 0 saturated heterocycles. The van der Waals surface area contributed by atoms with E-state index in [2.05, 4.69) is 68.3 Å². The summed E-state index contributed by atoms with van der Waals surface area (Å²) in [5.74, 6) is -0.237. The summed E-state index contributed by atoms with van der Waals surface area (Å²) in [6, 6.07) is 14.4. The summed E-state index contributed by atoms with van der Waals surface area (Å²) in [7, 11) is 0. The first-order valence-corrected chi connectivity index (χ1v) is 10.1. The molecule has 0 fully saturated rings. The van der Waals surface area contributed by atoms with Crippen LogP contribution in [0.5, 0.6) is 0 Å². The van der Waals surface area contributed by atoms with Gasteiger partial charge in [0, 0.05) is 20.1 Å². The Morgan fingerprint density at radius 1 is 1.00 bits per heavy atom. The van der Waals surface area contributed by atoms with Crippen LogP contribution in [-0.4, -0.2) is 5.97 Å². The zero-order chi connectivity index (χ0) is 17.8. The van der Waals surface area contributed by atoms with Gasteiger partial charge in [-0.2, -0.15) is 0 Å². The van der Waals surface area contributed by atoms with Crippen LogP contribution in [0.2, 0.25) is 0 Å². The maximum Gasteiger partial charge on any atom is 0.339 e. The molecule has 3 aromatic rings. The van der Waals surface area contributed by atoms with Crippen LogP contribution >= 0.6 is 31.9 Å². The third kappa shape index (κ3) is 2.39. The predicted octanol–water partition coefficient (Wildman–Crippen LogP) is 6.58. The molecule has 1 heterocycles. The lowest BCUT2D eigenvalue weighted by atomic mass is 9.89. The summed E-state index contributed by atoms with van der Waals surface area (Å²) in [6.07, 6.45) is 5.93. The van der Waals surface area contributed by atoms with E-state index in [1.54, 1.807) is 0 Å². The summed E-state index contributed by atoms with van der Waals surface area (Å²) >= 11 is 7.42. The first kappa shape index (κ1) is 16.3. The number of hydrogen-bond donors (Lipinski definition) is 0. The highest BCUT2D eigenvalue weighted by Crippen LogP contribution is 2.44. The lowest BCUT2D eigenvalue weighted by molar-refractivity contribution is 0.0455. The first-order chi connectivity index (χ1) is 12.6. The predicted molar refractivity (Wildman–Crippen MR) is 110 cm³/mol. The molecule has 26 heavy (non-hydrogen) atoms. The van der Waals surface area contributed by atoms with Crippen molar-refractivity contribution in [3.63, 3.8) is 0 Å². The van der Waals surface area contributed by atoms with Crippen molar-refractivity contribution in [3.05, 3.63) is 85.3 Å². The zero-order valence-corrected chi connectivity index (χ0v) is 16.9. The highest BCUT2D eigenvalue weighted by Gasteiger charge is 2.35. The van der Waals surface area contributed by atoms with Gasteiger partial charge in [0.1, 0.15) is 0 Å². The quantitative estimate of drug-likeness (QED) is 0.376. The minimum atomic E-state index is -0.395. The van der Waals surface area contributed by atoms with Crippen molar-refractivity contribution >= 4 is 54.7 Å². The number of carbonyl (C=O) groups excluding carboxylic acids is 1. The number of ether oxygens (including phenoxy) is 1. The van der Waals surface area contributed by atoms with Gasteiger partial charge in [-0.3, -0.25) is 0 Å². The number of halogens is 2. The van der Waals surface area contributed by atoms with E-state index >= 15 is 0 Å². The summed E-state index contributed by atoms with van der Waals surface area (Å²) in [6.45, 7) is 0. The van der Waals surface area contributed by atoms with Crippen LogP contribution in [0.4, 0.5) is 0 Å². The van der Waals surface area contributed by atoms with Crippen LogP contribution in [0, 0.1) is 0 Å². The number of hydrogen-bond acceptors (Lipinski definition) is 2. The fourth-order valence-corrected chi connectivity index (χ4v) is 5.13. The molecule has 128 valence electrons. The van der Waals surface area contributed by atoms with Crippen molar-refractivity contribution in [1.82, 2.24) is 0 Å². The Hall–Kier alpha value is -1.91. The molecule has 1 atom stereocenters. The van der Waals surface area contributed by atoms with Crippen LogP contribution in [0.1, 0.15) is 45.1 Å². The number of allylic oxidation sites excluding steroid dienone is 1. The van der Waals surface area contributed by atoms with E-state index in [0.717, 1.165) is 43.7 Å². The number of carbonyl (C=O) groups is 1. The lowest BCUT2D eigenvalue weighted by Crippen LogP contribution is -2.03. The van der Waals surface area contributed by atoms with E-state index in [1.165, 1.54) is 11.1 Å². The van der Waals surface area contributed by atoms with E-state index in [0.29, 0.717) is 5.56 Å². The maximum atomic E-state index is 12.5. The van der Waals surface area contributed by atoms with E-state index in [4.69, 9.17) is 4.74 Å². The Morgan fingerprint density at radius 2 is 1.81 bits per heavy atom. The van der Waals surface area contributed by atoms with Gasteiger partial charge < -0.3 is 4.74 Å². The first-order valence-electron chi connectivity index (χ1n) is 8.54. The molecule has 5 rings (SSSR count). The van der Waals surface area contributed by atoms with Gasteiger partial charge in [0.15, 0.2) is 6.10 Å².